The molecular weight excluding hydrogens is 1150 g/mol. The van der Waals surface area contributed by atoms with E-state index in [0.29, 0.717) is 70.3 Å². The highest BCUT2D eigenvalue weighted by Crippen LogP contribution is 2.47. The van der Waals surface area contributed by atoms with E-state index in [4.69, 9.17) is 19.2 Å². The number of aryl methyl sites for hydroxylation is 1. The summed E-state index contributed by atoms with van der Waals surface area (Å²) in [4.78, 5) is 126. The monoisotopic (exact) mass is 1220 g/mol. The van der Waals surface area contributed by atoms with Crippen LogP contribution in [0, 0.1) is 12.7 Å². The summed E-state index contributed by atoms with van der Waals surface area (Å²) < 4.78 is 33.3. The number of carbonyl (C=O) groups excluding carboxylic acids is 8. The predicted molar refractivity (Wildman–Crippen MR) is 327 cm³/mol. The minimum absolute atomic E-state index is 0.00879. The van der Waals surface area contributed by atoms with Crippen LogP contribution >= 0.6 is 0 Å². The number of nitrogens with zero attached hydrogens (tertiary/aromatic N) is 2. The van der Waals surface area contributed by atoms with Crippen LogP contribution in [0.1, 0.15) is 129 Å². The van der Waals surface area contributed by atoms with Crippen LogP contribution in [-0.4, -0.2) is 113 Å². The third-order valence-electron chi connectivity index (χ3n) is 16.4. The van der Waals surface area contributed by atoms with Crippen molar-refractivity contribution in [1.29, 1.82) is 0 Å². The first kappa shape index (κ1) is 64.0. The Morgan fingerprint density at radius 1 is 0.876 bits per heavy atom. The lowest BCUT2D eigenvalue weighted by molar-refractivity contribution is -0.172. The second-order valence-corrected chi connectivity index (χ2v) is 23.4. The van der Waals surface area contributed by atoms with Gasteiger partial charge in [0.05, 0.1) is 54.7 Å². The molecule has 89 heavy (non-hydrogen) atoms. The molecule has 0 radical (unpaired) electrons. The fourth-order valence-electron chi connectivity index (χ4n) is 12.0. The average molecular weight is 1220 g/mol. The van der Waals surface area contributed by atoms with Crippen LogP contribution in [0.25, 0.3) is 27.9 Å². The number of hydrogen-bond acceptors (Lipinski definition) is 14. The highest BCUT2D eigenvalue weighted by molar-refractivity contribution is 5.96. The number of esters is 1. The van der Waals surface area contributed by atoms with Crippen LogP contribution in [0.15, 0.2) is 102 Å². The van der Waals surface area contributed by atoms with Crippen LogP contribution in [0.4, 0.5) is 14.0 Å². The number of ether oxygens (including phenoxy) is 3. The Bertz CT molecular complexity index is 3800. The van der Waals surface area contributed by atoms with Crippen LogP contribution in [0.2, 0.25) is 0 Å². The molecule has 0 saturated heterocycles. The number of carbonyl (C=O) groups is 8. The minimum Gasteiger partial charge on any atom is -0.458 e. The fourth-order valence-corrected chi connectivity index (χ4v) is 12.0. The lowest BCUT2D eigenvalue weighted by atomic mass is 9.81. The predicted octanol–water partition coefficient (Wildman–Crippen LogP) is 5.81. The summed E-state index contributed by atoms with van der Waals surface area (Å²) in [5.74, 6) is -5.27. The second kappa shape index (κ2) is 27.3. The molecule has 8 N–H and O–H groups in total. The number of hydrogen-bond donors (Lipinski definition) is 8. The molecule has 468 valence electrons. The number of unbranched alkanes of at least 4 members (excludes halogenated alkanes) is 1. The van der Waals surface area contributed by atoms with E-state index in [1.165, 1.54) is 10.6 Å². The number of allylic oxidation sites excluding steroid dienone is 4. The van der Waals surface area contributed by atoms with E-state index in [0.717, 1.165) is 22.3 Å². The van der Waals surface area contributed by atoms with Crippen LogP contribution in [0.3, 0.4) is 0 Å². The number of benzene rings is 3. The molecule has 4 aliphatic rings. The molecule has 0 fully saturated rings. The normalized spacial score (nSPS) is 17.6. The smallest absolute Gasteiger partial charge is 0.407 e. The van der Waals surface area contributed by atoms with Gasteiger partial charge in [0.1, 0.15) is 36.7 Å². The van der Waals surface area contributed by atoms with Gasteiger partial charge in [0.15, 0.2) is 5.60 Å². The molecule has 2 aromatic heterocycles. The number of amides is 7. The van der Waals surface area contributed by atoms with Gasteiger partial charge in [0, 0.05) is 41.5 Å². The van der Waals surface area contributed by atoms with E-state index >= 15 is 4.39 Å². The molecule has 2 aliphatic carbocycles. The molecule has 4 heterocycles. The van der Waals surface area contributed by atoms with Gasteiger partial charge in [-0.3, -0.25) is 28.8 Å². The summed E-state index contributed by atoms with van der Waals surface area (Å²) in [6.07, 6.45) is 5.55. The van der Waals surface area contributed by atoms with Gasteiger partial charge in [-0.15, -0.1) is 0 Å². The standard InChI is InChI=1S/C66H74FN9O13/c1-8-18-40-38(9-2)41-21-14-15-22-42(41)44(40)34-88-64(85)75-49(23-16-17-26-68-63(84)89-65(5,6)7)59(80)70-30-53(77)69-31-54(78)73-51(27-37-19-12-11-13-20-37)60(81)71-32-55(79)72-48-25-24-39-36(4)47(67)29-50-56(39)57(48)43-33-76-52(58(43)74-50)28-46-45(61(76)82)35-87-62(83)66(46,86)10-3/h8-9,11-15,18-22,28-29,44,48-49,51,86H,2,10,16-17,23-27,30-35H2,1,3-7H3,(H,68,84)(H,69,77)(H,70,80)(H,71,81)(H,72,79)(H,73,78)(H,75,85)/b18-8-/t44?,48-,49?,51-,66-/m0/s1. The van der Waals surface area contributed by atoms with Crippen LogP contribution in [0.5, 0.6) is 0 Å². The highest BCUT2D eigenvalue weighted by Gasteiger charge is 2.46. The third-order valence-corrected chi connectivity index (χ3v) is 16.4. The zero-order chi connectivity index (χ0) is 63.9. The maximum Gasteiger partial charge on any atom is 0.407 e. The number of fused-ring (bicyclic) bond motifs is 6. The maximum absolute atomic E-state index is 15.6. The number of nitrogens with one attached hydrogen (secondary N) is 7. The molecular formula is C66H74FN9O13. The first-order chi connectivity index (χ1) is 42.5. The third kappa shape index (κ3) is 14.1. The van der Waals surface area contributed by atoms with Gasteiger partial charge < -0.3 is 61.1 Å². The van der Waals surface area contributed by atoms with E-state index in [1.807, 2.05) is 43.3 Å². The molecule has 2 unspecified atom stereocenters. The van der Waals surface area contributed by atoms with Crippen LogP contribution in [-0.2, 0) is 74.6 Å². The molecule has 0 bridgehead atoms. The lowest BCUT2D eigenvalue weighted by Gasteiger charge is -2.31. The van der Waals surface area contributed by atoms with Crippen molar-refractivity contribution in [1.82, 2.24) is 46.8 Å². The van der Waals surface area contributed by atoms with Gasteiger partial charge >= 0.3 is 18.2 Å². The number of aliphatic hydroxyl groups is 1. The van der Waals surface area contributed by atoms with Gasteiger partial charge in [-0.1, -0.05) is 86.3 Å². The average Bonchev–Trinajstić information content (AvgIpc) is 1.68. The maximum atomic E-state index is 15.6. The molecule has 22 nitrogen and oxygen atoms in total. The van der Waals surface area contributed by atoms with Crippen molar-refractivity contribution < 1.29 is 62.1 Å². The summed E-state index contributed by atoms with van der Waals surface area (Å²) in [5, 5.41) is 30.6. The summed E-state index contributed by atoms with van der Waals surface area (Å²) in [6.45, 7) is 12.4. The summed E-state index contributed by atoms with van der Waals surface area (Å²) in [6, 6.07) is 16.2. The molecule has 23 heteroatoms. The van der Waals surface area contributed by atoms with Gasteiger partial charge in [0.2, 0.25) is 29.5 Å². The number of cyclic esters (lactones) is 1. The Labute approximate surface area is 513 Å². The SMILES string of the molecule is C=CC1=C(/C=C\C)C(COC(=O)NC(CCCCNC(=O)OC(C)(C)C)C(=O)NCC(=O)NCC(=O)N[C@@H](Cc2ccccc2)C(=O)NCC(=O)N[C@H]2CCc3c(C)c(F)cc4nc5c(c2c34)Cn2c-5cc3c(c2=O)COC(=O)[C@]3(O)CC)c2ccccc21. The van der Waals surface area contributed by atoms with Crippen molar-refractivity contribution in [2.45, 2.75) is 135 Å². The first-order valence-corrected chi connectivity index (χ1v) is 29.8. The van der Waals surface area contributed by atoms with E-state index in [1.54, 1.807) is 77.1 Å². The number of aromatic nitrogens is 2. The Hall–Kier alpha value is -9.51. The minimum atomic E-state index is -2.08. The Balaban J connectivity index is 0.822. The van der Waals surface area contributed by atoms with Gasteiger partial charge in [-0.25, -0.2) is 23.8 Å². The first-order valence-electron chi connectivity index (χ1n) is 29.8. The Kier molecular flexibility index (Phi) is 19.6. The number of rotatable bonds is 23. The molecule has 3 aromatic carbocycles. The van der Waals surface area contributed by atoms with Gasteiger partial charge in [0.25, 0.3) is 5.56 Å². The van der Waals surface area contributed by atoms with Crippen molar-refractivity contribution in [3.63, 3.8) is 0 Å². The lowest BCUT2D eigenvalue weighted by Crippen LogP contribution is -2.53. The van der Waals surface area contributed by atoms with Crippen LogP contribution < -0.4 is 42.8 Å². The van der Waals surface area contributed by atoms with Crippen molar-refractivity contribution in [2.75, 3.05) is 32.8 Å². The quantitative estimate of drug-likeness (QED) is 0.0213. The highest BCUT2D eigenvalue weighted by atomic mass is 19.1. The summed E-state index contributed by atoms with van der Waals surface area (Å²) in [7, 11) is 0. The molecule has 9 rings (SSSR count). The molecule has 0 spiro atoms. The topological polar surface area (TPSA) is 304 Å². The molecule has 2 aliphatic heterocycles. The number of halogens is 1. The summed E-state index contributed by atoms with van der Waals surface area (Å²) >= 11 is 0. The molecule has 0 saturated carbocycles. The fraction of sp³-hybridized carbons (Fsp3) is 0.394. The zero-order valence-corrected chi connectivity index (χ0v) is 50.6. The van der Waals surface area contributed by atoms with E-state index < -0.39 is 108 Å². The van der Waals surface area contributed by atoms with E-state index in [2.05, 4.69) is 43.8 Å². The second-order valence-electron chi connectivity index (χ2n) is 23.4. The summed E-state index contributed by atoms with van der Waals surface area (Å²) in [5.41, 5.74) is 4.60. The zero-order valence-electron chi connectivity index (χ0n) is 50.6. The number of pyridine rings is 2. The van der Waals surface area contributed by atoms with Crippen molar-refractivity contribution in [2.24, 2.45) is 0 Å². The molecule has 5 atom stereocenters. The number of alkyl carbamates (subject to hydrolysis) is 2. The van der Waals surface area contributed by atoms with Crippen molar-refractivity contribution in [3.05, 3.63) is 163 Å². The Morgan fingerprint density at radius 2 is 1.58 bits per heavy atom. The van der Waals surface area contributed by atoms with E-state index in [9.17, 15) is 48.3 Å². The van der Waals surface area contributed by atoms with Gasteiger partial charge in [-0.2, -0.15) is 0 Å². The van der Waals surface area contributed by atoms with Gasteiger partial charge in [-0.05, 0) is 124 Å². The van der Waals surface area contributed by atoms with Crippen molar-refractivity contribution in [3.8, 4) is 11.4 Å². The largest absolute Gasteiger partial charge is 0.458 e. The Morgan fingerprint density at radius 3 is 2.30 bits per heavy atom. The molecule has 7 amide bonds. The van der Waals surface area contributed by atoms with E-state index in [-0.39, 0.29) is 68.1 Å². The van der Waals surface area contributed by atoms with Crippen molar-refractivity contribution >= 4 is 64.2 Å². The molecule has 5 aromatic rings.